The molecule has 9 aromatic rings. The van der Waals surface area contributed by atoms with Crippen molar-refractivity contribution in [2.75, 3.05) is 16.8 Å². The number of fused-ring (bicyclic) bond motifs is 6. The highest BCUT2D eigenvalue weighted by Crippen LogP contribution is 2.56. The van der Waals surface area contributed by atoms with Crippen molar-refractivity contribution in [3.8, 4) is 22.3 Å². The highest BCUT2D eigenvalue weighted by atomic mass is 15.4. The van der Waals surface area contributed by atoms with E-state index in [0.29, 0.717) is 0 Å². The Balaban J connectivity index is 0.931. The Kier molecular flexibility index (Phi) is 8.78. The van der Waals surface area contributed by atoms with Crippen LogP contribution < -0.4 is 15.1 Å². The van der Waals surface area contributed by atoms with E-state index in [1.54, 1.807) is 0 Å². The molecule has 0 saturated carbocycles. The predicted octanol–water partition coefficient (Wildman–Crippen LogP) is 13.1. The minimum absolute atomic E-state index is 0.0354. The van der Waals surface area contributed by atoms with Gasteiger partial charge >= 0.3 is 0 Å². The second-order valence-corrected chi connectivity index (χ2v) is 15.5. The van der Waals surface area contributed by atoms with Gasteiger partial charge in [-0.05, 0) is 79.6 Å². The van der Waals surface area contributed by atoms with Crippen molar-refractivity contribution in [3.05, 3.63) is 235 Å². The van der Waals surface area contributed by atoms with E-state index >= 15 is 0 Å². The fourth-order valence-corrected chi connectivity index (χ4v) is 9.06. The van der Waals surface area contributed by atoms with Crippen LogP contribution in [0.5, 0.6) is 0 Å². The Morgan fingerprint density at radius 2 is 0.967 bits per heavy atom. The molecule has 0 aliphatic carbocycles. The molecule has 60 heavy (non-hydrogen) atoms. The number of hydrogen-bond donors (Lipinski definition) is 1. The lowest BCUT2D eigenvalue weighted by molar-refractivity contribution is 0.664. The molecule has 0 radical (unpaired) electrons. The van der Waals surface area contributed by atoms with Gasteiger partial charge in [0.25, 0.3) is 0 Å². The third-order valence-corrected chi connectivity index (χ3v) is 12.0. The van der Waals surface area contributed by atoms with Gasteiger partial charge in [0.1, 0.15) is 12.3 Å². The zero-order chi connectivity index (χ0) is 40.0. The van der Waals surface area contributed by atoms with Crippen LogP contribution >= 0.6 is 0 Å². The highest BCUT2D eigenvalue weighted by Gasteiger charge is 2.39. The average molecular weight is 772 g/mol. The van der Waals surface area contributed by atoms with Gasteiger partial charge in [0.2, 0.25) is 0 Å². The van der Waals surface area contributed by atoms with Crippen molar-refractivity contribution in [2.24, 2.45) is 4.99 Å². The van der Waals surface area contributed by atoms with Gasteiger partial charge in [-0.2, -0.15) is 0 Å². The summed E-state index contributed by atoms with van der Waals surface area (Å²) in [6.45, 7) is 0. The number of nitrogens with zero attached hydrogens (tertiary/aromatic N) is 4. The Bertz CT molecular complexity index is 3050. The third-order valence-electron chi connectivity index (χ3n) is 12.0. The first-order valence-corrected chi connectivity index (χ1v) is 20.5. The lowest BCUT2D eigenvalue weighted by Gasteiger charge is -2.31. The van der Waals surface area contributed by atoms with E-state index < -0.39 is 0 Å². The van der Waals surface area contributed by atoms with Gasteiger partial charge in [0.15, 0.2) is 0 Å². The van der Waals surface area contributed by atoms with E-state index in [1.807, 2.05) is 18.5 Å². The fraction of sp³-hybridized carbons (Fsp3) is 0.0545. The molecule has 3 heterocycles. The molecule has 0 spiro atoms. The number of pyridine rings is 1. The maximum absolute atomic E-state index is 5.20. The van der Waals surface area contributed by atoms with E-state index in [4.69, 9.17) is 4.99 Å². The maximum atomic E-state index is 5.20. The zero-order valence-electron chi connectivity index (χ0n) is 33.2. The van der Waals surface area contributed by atoms with E-state index in [-0.39, 0.29) is 12.3 Å². The Labute approximate surface area is 350 Å². The second kappa shape index (κ2) is 14.9. The number of allylic oxidation sites excluding steroid dienone is 1. The van der Waals surface area contributed by atoms with Gasteiger partial charge in [-0.15, -0.1) is 0 Å². The van der Waals surface area contributed by atoms with Crippen LogP contribution in [-0.2, 0) is 0 Å². The van der Waals surface area contributed by atoms with Crippen LogP contribution in [0, 0.1) is 0 Å². The molecule has 8 aromatic carbocycles. The zero-order valence-corrected chi connectivity index (χ0v) is 33.2. The monoisotopic (exact) mass is 771 g/mol. The minimum Gasteiger partial charge on any atom is -0.360 e. The number of hydrogen-bond acceptors (Lipinski definition) is 5. The molecular weight excluding hydrogens is 731 g/mol. The molecule has 2 atom stereocenters. The average Bonchev–Trinajstić information content (AvgIpc) is 3.65. The molecule has 1 aromatic heterocycles. The molecule has 0 fully saturated rings. The smallest absolute Gasteiger partial charge is 0.145 e. The van der Waals surface area contributed by atoms with Crippen molar-refractivity contribution in [2.45, 2.75) is 12.3 Å². The maximum Gasteiger partial charge on any atom is 0.145 e. The number of anilines is 3. The summed E-state index contributed by atoms with van der Waals surface area (Å²) in [5, 5.41) is 8.57. The van der Waals surface area contributed by atoms with Crippen LogP contribution in [0.25, 0.3) is 49.5 Å². The summed E-state index contributed by atoms with van der Waals surface area (Å²) < 4.78 is 0. The summed E-state index contributed by atoms with van der Waals surface area (Å²) >= 11 is 0. The summed E-state index contributed by atoms with van der Waals surface area (Å²) in [6, 6.07) is 69.3. The van der Waals surface area contributed by atoms with Gasteiger partial charge in [-0.3, -0.25) is 9.98 Å². The summed E-state index contributed by atoms with van der Waals surface area (Å²) in [5.41, 5.74) is 14.8. The highest BCUT2D eigenvalue weighted by molar-refractivity contribution is 6.22. The standard InChI is InChI=1S/C55H41N5/c1-59-52-48-20-12-11-19-46(48)47-33-34-56-36-49(47)53(52)60(55(59)44-17-9-4-10-18-44)45-31-29-40(30-32-45)39-23-27-42(28-24-39)51-35-50(57-54(58-51)43-15-7-3-8-16-43)41-25-21-38(22-26-41)37-13-5-2-6-14-37/h2-36,54-55,58H,1H3. The van der Waals surface area contributed by atoms with Crippen LogP contribution in [0.3, 0.4) is 0 Å². The van der Waals surface area contributed by atoms with Crippen molar-refractivity contribution in [3.63, 3.8) is 0 Å². The first-order chi connectivity index (χ1) is 29.7. The van der Waals surface area contributed by atoms with Crippen molar-refractivity contribution in [1.82, 2.24) is 10.3 Å². The molecule has 5 heteroatoms. The summed E-state index contributed by atoms with van der Waals surface area (Å²) in [7, 11) is 2.22. The van der Waals surface area contributed by atoms with E-state index in [9.17, 15) is 0 Å². The van der Waals surface area contributed by atoms with Crippen LogP contribution in [-0.4, -0.2) is 17.7 Å². The van der Waals surface area contributed by atoms with E-state index in [2.05, 4.69) is 221 Å². The largest absolute Gasteiger partial charge is 0.360 e. The second-order valence-electron chi connectivity index (χ2n) is 15.5. The molecule has 0 bridgehead atoms. The number of rotatable bonds is 7. The first-order valence-electron chi connectivity index (χ1n) is 20.5. The van der Waals surface area contributed by atoms with Gasteiger partial charge in [0, 0.05) is 41.6 Å². The normalized spacial score (nSPS) is 16.0. The molecule has 2 aliphatic rings. The summed E-state index contributed by atoms with van der Waals surface area (Å²) in [5.74, 6) is 0. The minimum atomic E-state index is -0.206. The molecule has 0 amide bonds. The van der Waals surface area contributed by atoms with Crippen LogP contribution in [0.2, 0.25) is 0 Å². The molecule has 0 saturated heterocycles. The number of nitrogens with one attached hydrogen (secondary N) is 1. The number of aliphatic imine (C=N–C) groups is 1. The molecule has 2 aliphatic heterocycles. The third kappa shape index (κ3) is 6.19. The van der Waals surface area contributed by atoms with Gasteiger partial charge in [0.05, 0.1) is 17.1 Å². The predicted molar refractivity (Wildman–Crippen MR) is 250 cm³/mol. The molecular formula is C55H41N5. The Morgan fingerprint density at radius 3 is 1.63 bits per heavy atom. The number of aromatic nitrogens is 1. The first kappa shape index (κ1) is 35.4. The summed E-state index contributed by atoms with van der Waals surface area (Å²) in [6.07, 6.45) is 5.87. The Hall–Kier alpha value is -7.76. The van der Waals surface area contributed by atoms with Crippen LogP contribution in [0.1, 0.15) is 34.6 Å². The lowest BCUT2D eigenvalue weighted by Crippen LogP contribution is -2.30. The molecule has 11 rings (SSSR count). The summed E-state index contributed by atoms with van der Waals surface area (Å²) in [4.78, 5) is 14.8. The molecule has 286 valence electrons. The van der Waals surface area contributed by atoms with Crippen molar-refractivity contribution >= 4 is 50.0 Å². The number of benzene rings is 8. The van der Waals surface area contributed by atoms with Gasteiger partial charge in [-0.25, -0.2) is 0 Å². The molecule has 1 N–H and O–H groups in total. The van der Waals surface area contributed by atoms with E-state index in [0.717, 1.165) is 50.3 Å². The van der Waals surface area contributed by atoms with Gasteiger partial charge in [-0.1, -0.05) is 176 Å². The van der Waals surface area contributed by atoms with Crippen LogP contribution in [0.4, 0.5) is 17.1 Å². The topological polar surface area (TPSA) is 43.8 Å². The van der Waals surface area contributed by atoms with E-state index in [1.165, 1.54) is 44.2 Å². The quantitative estimate of drug-likeness (QED) is 0.164. The van der Waals surface area contributed by atoms with Gasteiger partial charge < -0.3 is 15.1 Å². The fourth-order valence-electron chi connectivity index (χ4n) is 9.06. The van der Waals surface area contributed by atoms with Crippen molar-refractivity contribution < 1.29 is 0 Å². The Morgan fingerprint density at radius 1 is 0.450 bits per heavy atom. The lowest BCUT2D eigenvalue weighted by atomic mass is 9.98. The molecule has 5 nitrogen and oxygen atoms in total. The SMILES string of the molecule is CN1c2c(c3cnccc3c3ccccc23)N(c2ccc(-c3ccc(C4=CC(c5ccc(-c6ccccc6)cc5)=NC(c5ccccc5)N4)cc3)cc2)C1c1ccccc1. The van der Waals surface area contributed by atoms with Crippen molar-refractivity contribution in [1.29, 1.82) is 0 Å². The van der Waals surface area contributed by atoms with Crippen LogP contribution in [0.15, 0.2) is 218 Å². The molecule has 2 unspecified atom stereocenters.